The van der Waals surface area contributed by atoms with E-state index >= 15 is 0 Å². The number of benzene rings is 1. The second-order valence-corrected chi connectivity index (χ2v) is 9.97. The molecule has 0 aromatic heterocycles. The number of amides is 1. The van der Waals surface area contributed by atoms with Gasteiger partial charge in [0.1, 0.15) is 6.61 Å². The highest BCUT2D eigenvalue weighted by Crippen LogP contribution is 2.59. The van der Waals surface area contributed by atoms with E-state index in [9.17, 15) is 13.2 Å². The highest BCUT2D eigenvalue weighted by atomic mass is 32.2. The van der Waals surface area contributed by atoms with Crippen LogP contribution in [-0.4, -0.2) is 31.9 Å². The fourth-order valence-electron chi connectivity index (χ4n) is 5.72. The van der Waals surface area contributed by atoms with Crippen molar-refractivity contribution in [2.75, 3.05) is 6.26 Å². The topological polar surface area (TPSA) is 81.7 Å². The maximum atomic E-state index is 12.4. The smallest absolute Gasteiger partial charge is 0.407 e. The molecule has 0 spiro atoms. The molecule has 1 aromatic rings. The molecule has 6 nitrogen and oxygen atoms in total. The minimum atomic E-state index is -3.53. The van der Waals surface area contributed by atoms with Gasteiger partial charge in [-0.05, 0) is 49.5 Å². The van der Waals surface area contributed by atoms with E-state index in [0.717, 1.165) is 43.9 Å². The lowest BCUT2D eigenvalue weighted by Gasteiger charge is -2.60. The molecule has 2 atom stereocenters. The second kappa shape index (κ2) is 6.23. The zero-order valence-electron chi connectivity index (χ0n) is 14.9. The van der Waals surface area contributed by atoms with Gasteiger partial charge in [0.15, 0.2) is 0 Å². The number of alkyl carbamates (subject to hydrolysis) is 1. The minimum Gasteiger partial charge on any atom is -0.445 e. The maximum absolute atomic E-state index is 12.4. The molecule has 4 bridgehead atoms. The molecule has 0 radical (unpaired) electrons. The standard InChI is InChI=1S/C19H25NO5S/c1-26(22,23)25-19-10-15-7-16(11-19)9-18(8-15,13-19)20-17(21)24-12-14-5-3-2-4-6-14/h2-6,15-16H,7-13H2,1H3,(H,20,21). The van der Waals surface area contributed by atoms with Gasteiger partial charge in [0.25, 0.3) is 10.1 Å². The summed E-state index contributed by atoms with van der Waals surface area (Å²) in [6.45, 7) is 0.223. The highest BCUT2D eigenvalue weighted by molar-refractivity contribution is 7.86. The van der Waals surface area contributed by atoms with E-state index in [-0.39, 0.29) is 6.61 Å². The fourth-order valence-corrected chi connectivity index (χ4v) is 6.56. The van der Waals surface area contributed by atoms with Crippen LogP contribution in [0.2, 0.25) is 0 Å². The average Bonchev–Trinajstić information content (AvgIpc) is 2.49. The van der Waals surface area contributed by atoms with Gasteiger partial charge in [0.05, 0.1) is 11.9 Å². The SMILES string of the molecule is CS(=O)(=O)OC12CC3CC(CC(NC(=O)OCc4ccccc4)(C3)C1)C2. The number of hydrogen-bond donors (Lipinski definition) is 1. The maximum Gasteiger partial charge on any atom is 0.407 e. The Kier molecular flexibility index (Phi) is 4.27. The van der Waals surface area contributed by atoms with Crippen LogP contribution in [0.15, 0.2) is 30.3 Å². The summed E-state index contributed by atoms with van der Waals surface area (Å²) < 4.78 is 34.5. The molecule has 142 valence electrons. The van der Waals surface area contributed by atoms with Crippen LogP contribution in [-0.2, 0) is 25.6 Å². The van der Waals surface area contributed by atoms with Crippen molar-refractivity contribution >= 4 is 16.2 Å². The summed E-state index contributed by atoms with van der Waals surface area (Å²) in [5.41, 5.74) is -0.141. The largest absolute Gasteiger partial charge is 0.445 e. The summed E-state index contributed by atoms with van der Waals surface area (Å²) in [6.07, 6.45) is 5.58. The lowest BCUT2D eigenvalue weighted by atomic mass is 9.51. The third-order valence-corrected chi connectivity index (χ3v) is 6.57. The van der Waals surface area contributed by atoms with Gasteiger partial charge in [0.2, 0.25) is 0 Å². The Morgan fingerprint density at radius 2 is 1.81 bits per heavy atom. The molecule has 1 N–H and O–H groups in total. The summed E-state index contributed by atoms with van der Waals surface area (Å²) in [5.74, 6) is 0.792. The number of ether oxygens (including phenoxy) is 1. The first-order valence-electron chi connectivity index (χ1n) is 9.14. The molecule has 4 aliphatic carbocycles. The van der Waals surface area contributed by atoms with Gasteiger partial charge in [-0.1, -0.05) is 30.3 Å². The van der Waals surface area contributed by atoms with Gasteiger partial charge >= 0.3 is 6.09 Å². The molecule has 5 rings (SSSR count). The third-order valence-electron chi connectivity index (χ3n) is 5.92. The van der Waals surface area contributed by atoms with Crippen LogP contribution in [0.25, 0.3) is 0 Å². The van der Waals surface area contributed by atoms with Crippen molar-refractivity contribution in [2.24, 2.45) is 11.8 Å². The summed E-state index contributed by atoms with van der Waals surface area (Å²) >= 11 is 0. The van der Waals surface area contributed by atoms with Gasteiger partial charge in [-0.25, -0.2) is 4.79 Å². The molecule has 0 aliphatic heterocycles. The monoisotopic (exact) mass is 379 g/mol. The van der Waals surface area contributed by atoms with Gasteiger partial charge in [-0.15, -0.1) is 0 Å². The molecule has 0 heterocycles. The second-order valence-electron chi connectivity index (χ2n) is 8.40. The van der Waals surface area contributed by atoms with Crippen LogP contribution >= 0.6 is 0 Å². The molecule has 7 heteroatoms. The third kappa shape index (κ3) is 3.74. The minimum absolute atomic E-state index is 0.223. The predicted molar refractivity (Wildman–Crippen MR) is 95.8 cm³/mol. The quantitative estimate of drug-likeness (QED) is 0.796. The van der Waals surface area contributed by atoms with Crippen molar-refractivity contribution in [1.29, 1.82) is 0 Å². The van der Waals surface area contributed by atoms with Crippen LogP contribution in [0.1, 0.15) is 44.1 Å². The molecular formula is C19H25NO5S. The molecule has 4 saturated carbocycles. The van der Waals surface area contributed by atoms with Crippen LogP contribution in [0.4, 0.5) is 4.79 Å². The molecule has 26 heavy (non-hydrogen) atoms. The molecule has 1 amide bonds. The van der Waals surface area contributed by atoms with E-state index in [1.54, 1.807) is 0 Å². The lowest BCUT2D eigenvalue weighted by Crippen LogP contribution is -2.66. The van der Waals surface area contributed by atoms with E-state index < -0.39 is 27.4 Å². The van der Waals surface area contributed by atoms with Gasteiger partial charge in [-0.3, -0.25) is 4.18 Å². The first kappa shape index (κ1) is 17.8. The lowest BCUT2D eigenvalue weighted by molar-refractivity contribution is -0.122. The number of rotatable bonds is 5. The summed E-state index contributed by atoms with van der Waals surface area (Å²) in [4.78, 5) is 12.4. The van der Waals surface area contributed by atoms with Crippen molar-refractivity contribution in [3.63, 3.8) is 0 Å². The van der Waals surface area contributed by atoms with Crippen molar-refractivity contribution < 1.29 is 22.1 Å². The zero-order valence-corrected chi connectivity index (χ0v) is 15.8. The van der Waals surface area contributed by atoms with Crippen LogP contribution in [0.3, 0.4) is 0 Å². The summed E-state index contributed by atoms with van der Waals surface area (Å²) in [7, 11) is -3.53. The van der Waals surface area contributed by atoms with Gasteiger partial charge in [0, 0.05) is 12.0 Å². The van der Waals surface area contributed by atoms with E-state index in [2.05, 4.69) is 5.32 Å². The van der Waals surface area contributed by atoms with Crippen molar-refractivity contribution in [2.45, 2.75) is 56.3 Å². The number of hydrogen-bond acceptors (Lipinski definition) is 5. The summed E-state index contributed by atoms with van der Waals surface area (Å²) in [5, 5.41) is 3.07. The van der Waals surface area contributed by atoms with Gasteiger partial charge < -0.3 is 10.1 Å². The van der Waals surface area contributed by atoms with E-state index in [1.165, 1.54) is 0 Å². The zero-order chi connectivity index (χ0) is 18.4. The molecular weight excluding hydrogens is 354 g/mol. The Hall–Kier alpha value is -1.60. The van der Waals surface area contributed by atoms with E-state index in [0.29, 0.717) is 18.3 Å². The van der Waals surface area contributed by atoms with Crippen molar-refractivity contribution in [1.82, 2.24) is 5.32 Å². The first-order chi connectivity index (χ1) is 12.3. The highest BCUT2D eigenvalue weighted by Gasteiger charge is 2.60. The van der Waals surface area contributed by atoms with Crippen LogP contribution < -0.4 is 5.32 Å². The van der Waals surface area contributed by atoms with Crippen molar-refractivity contribution in [3.05, 3.63) is 35.9 Å². The molecule has 4 aliphatic rings. The number of carbonyl (C=O) groups is 1. The fraction of sp³-hybridized carbons (Fsp3) is 0.632. The molecule has 0 saturated heterocycles. The first-order valence-corrected chi connectivity index (χ1v) is 11.0. The van der Waals surface area contributed by atoms with Crippen LogP contribution in [0.5, 0.6) is 0 Å². The number of carbonyl (C=O) groups excluding carboxylic acids is 1. The van der Waals surface area contributed by atoms with Gasteiger partial charge in [-0.2, -0.15) is 8.42 Å². The van der Waals surface area contributed by atoms with Crippen molar-refractivity contribution in [3.8, 4) is 0 Å². The Bertz CT molecular complexity index is 777. The van der Waals surface area contributed by atoms with E-state index in [1.807, 2.05) is 30.3 Å². The average molecular weight is 379 g/mol. The number of nitrogens with one attached hydrogen (secondary N) is 1. The van der Waals surface area contributed by atoms with E-state index in [4.69, 9.17) is 8.92 Å². The summed E-state index contributed by atoms with van der Waals surface area (Å²) in [6, 6.07) is 9.55. The Morgan fingerprint density at radius 3 is 2.42 bits per heavy atom. The Morgan fingerprint density at radius 1 is 1.15 bits per heavy atom. The Labute approximate surface area is 154 Å². The predicted octanol–water partition coefficient (Wildman–Crippen LogP) is 2.98. The Balaban J connectivity index is 1.45. The normalized spacial score (nSPS) is 35.3. The van der Waals surface area contributed by atoms with Crippen LogP contribution in [0, 0.1) is 11.8 Å². The molecule has 1 aromatic carbocycles. The molecule has 2 unspecified atom stereocenters. The molecule has 4 fully saturated rings.